The highest BCUT2D eigenvalue weighted by Gasteiger charge is 2.13. The van der Waals surface area contributed by atoms with E-state index >= 15 is 0 Å². The summed E-state index contributed by atoms with van der Waals surface area (Å²) in [6.07, 6.45) is 4.31. The highest BCUT2D eigenvalue weighted by molar-refractivity contribution is 14.1. The van der Waals surface area contributed by atoms with Crippen LogP contribution in [-0.2, 0) is 0 Å². The average Bonchev–Trinajstić information content (AvgIpc) is 1.80. The molecule has 0 aliphatic carbocycles. The van der Waals surface area contributed by atoms with Crippen molar-refractivity contribution < 1.29 is 0 Å². The van der Waals surface area contributed by atoms with Crippen LogP contribution in [0.25, 0.3) is 0 Å². The van der Waals surface area contributed by atoms with Gasteiger partial charge in [-0.3, -0.25) is 0 Å². The van der Waals surface area contributed by atoms with Crippen molar-refractivity contribution in [3.05, 3.63) is 24.3 Å². The van der Waals surface area contributed by atoms with Gasteiger partial charge in [0.1, 0.15) is 0 Å². The van der Waals surface area contributed by atoms with Gasteiger partial charge in [-0.05, 0) is 25.3 Å². The minimum absolute atomic E-state index is 0.184. The van der Waals surface area contributed by atoms with E-state index in [1.165, 1.54) is 5.57 Å². The second-order valence-corrected chi connectivity index (χ2v) is 6.30. The molecule has 0 nitrogen and oxygen atoms in total. The molecule has 0 aromatic rings. The van der Waals surface area contributed by atoms with E-state index in [1.807, 2.05) is 0 Å². The lowest BCUT2D eigenvalue weighted by atomic mass is 10.0. The number of rotatable bonds is 3. The van der Waals surface area contributed by atoms with Crippen molar-refractivity contribution in [1.82, 2.24) is 0 Å². The number of hydrogen-bond donors (Lipinski definition) is 0. The molecule has 64 valence electrons. The van der Waals surface area contributed by atoms with E-state index in [1.54, 1.807) is 0 Å². The lowest BCUT2D eigenvalue weighted by Gasteiger charge is -2.16. The molecule has 0 saturated heterocycles. The van der Waals surface area contributed by atoms with Crippen molar-refractivity contribution in [3.8, 4) is 0 Å². The molecule has 0 bridgehead atoms. The normalized spacial score (nSPS) is 12.9. The van der Waals surface area contributed by atoms with Gasteiger partial charge in [0.05, 0.1) is 0 Å². The summed E-state index contributed by atoms with van der Waals surface area (Å²) in [4.78, 5) is 0. The molecule has 0 heterocycles. The largest absolute Gasteiger partial charge is 0.0945 e. The minimum atomic E-state index is 0.184. The summed E-state index contributed by atoms with van der Waals surface area (Å²) in [5.41, 5.74) is 1.19. The summed E-state index contributed by atoms with van der Waals surface area (Å²) in [6, 6.07) is 0. The molecule has 11 heavy (non-hydrogen) atoms. The Balaban J connectivity index is 4.09. The van der Waals surface area contributed by atoms with E-state index in [9.17, 15) is 0 Å². The van der Waals surface area contributed by atoms with Gasteiger partial charge in [0.2, 0.25) is 0 Å². The fourth-order valence-electron chi connectivity index (χ4n) is 0.507. The molecule has 0 saturated carbocycles. The second-order valence-electron chi connectivity index (χ2n) is 3.60. The summed E-state index contributed by atoms with van der Waals surface area (Å²) >= 11 is 2.40. The molecular formula is C10H17I. The maximum Gasteiger partial charge on any atom is 0.0408 e. The predicted octanol–water partition coefficient (Wildman–Crippen LogP) is 3.97. The van der Waals surface area contributed by atoms with Crippen LogP contribution in [0.2, 0.25) is 0 Å². The fraction of sp³-hybridized carbons (Fsp3) is 0.600. The number of hydrogen-bond acceptors (Lipinski definition) is 0. The molecule has 0 unspecified atom stereocenters. The van der Waals surface area contributed by atoms with E-state index in [0.717, 1.165) is 0 Å². The molecule has 0 amide bonds. The third-order valence-corrected chi connectivity index (χ3v) is 2.14. The molecule has 0 aliphatic heterocycles. The summed E-state index contributed by atoms with van der Waals surface area (Å²) in [5, 5.41) is 0. The minimum Gasteiger partial charge on any atom is -0.0945 e. The third kappa shape index (κ3) is 5.48. The van der Waals surface area contributed by atoms with Gasteiger partial charge >= 0.3 is 0 Å². The lowest BCUT2D eigenvalue weighted by molar-refractivity contribution is 0.824. The molecule has 0 spiro atoms. The number of halogens is 1. The van der Waals surface area contributed by atoms with E-state index < -0.39 is 0 Å². The lowest BCUT2D eigenvalue weighted by Crippen LogP contribution is -2.10. The molecule has 0 aliphatic rings. The Morgan fingerprint density at radius 3 is 2.18 bits per heavy atom. The Hall–Kier alpha value is 0.210. The van der Waals surface area contributed by atoms with Crippen LogP contribution < -0.4 is 0 Å². The monoisotopic (exact) mass is 264 g/mol. The van der Waals surface area contributed by atoms with Crippen LogP contribution in [0.15, 0.2) is 24.3 Å². The van der Waals surface area contributed by atoms with E-state index in [4.69, 9.17) is 0 Å². The summed E-state index contributed by atoms with van der Waals surface area (Å²) in [7, 11) is 0. The number of alkyl halides is 1. The quantitative estimate of drug-likeness (QED) is 0.411. The molecular weight excluding hydrogens is 247 g/mol. The second kappa shape index (κ2) is 4.29. The molecule has 0 aromatic carbocycles. The molecule has 0 rings (SSSR count). The highest BCUT2D eigenvalue weighted by Crippen LogP contribution is 2.26. The third-order valence-electron chi connectivity index (χ3n) is 1.45. The van der Waals surface area contributed by atoms with Crippen molar-refractivity contribution in [1.29, 1.82) is 0 Å². The summed E-state index contributed by atoms with van der Waals surface area (Å²) in [5.74, 6) is 0.616. The van der Waals surface area contributed by atoms with Gasteiger partial charge in [-0.1, -0.05) is 55.2 Å². The average molecular weight is 264 g/mol. The van der Waals surface area contributed by atoms with Crippen LogP contribution in [0, 0.1) is 5.92 Å². The first-order valence-corrected chi connectivity index (χ1v) is 4.98. The first-order valence-electron chi connectivity index (χ1n) is 3.90. The Kier molecular flexibility index (Phi) is 4.37. The first kappa shape index (κ1) is 11.2. The Morgan fingerprint density at radius 1 is 1.45 bits per heavy atom. The van der Waals surface area contributed by atoms with Crippen LogP contribution in [0.3, 0.4) is 0 Å². The number of allylic oxidation sites excluding steroid dienone is 3. The summed E-state index contributed by atoms with van der Waals surface area (Å²) < 4.78 is 0.184. The maximum absolute atomic E-state index is 4.00. The standard InChI is InChI=1S/C10H17I/c1-8(2)6-7-9(3)10(4,5)11/h6-8H,3H2,1-2,4-5H3/b7-6+. The van der Waals surface area contributed by atoms with Gasteiger partial charge < -0.3 is 0 Å². The molecule has 0 atom stereocenters. The van der Waals surface area contributed by atoms with Crippen LogP contribution in [-0.4, -0.2) is 3.42 Å². The summed E-state index contributed by atoms with van der Waals surface area (Å²) in [6.45, 7) is 12.7. The maximum atomic E-state index is 4.00. The fourth-order valence-corrected chi connectivity index (χ4v) is 0.687. The van der Waals surface area contributed by atoms with E-state index in [-0.39, 0.29) is 3.42 Å². The topological polar surface area (TPSA) is 0 Å². The van der Waals surface area contributed by atoms with Crippen LogP contribution in [0.5, 0.6) is 0 Å². The van der Waals surface area contributed by atoms with Crippen molar-refractivity contribution in [2.75, 3.05) is 0 Å². The molecule has 0 fully saturated rings. The van der Waals surface area contributed by atoms with Gasteiger partial charge in [0.15, 0.2) is 0 Å². The Morgan fingerprint density at radius 2 is 1.91 bits per heavy atom. The van der Waals surface area contributed by atoms with Crippen molar-refractivity contribution in [2.24, 2.45) is 5.92 Å². The Labute approximate surface area is 83.9 Å². The zero-order valence-electron chi connectivity index (χ0n) is 7.82. The molecule has 0 N–H and O–H groups in total. The molecule has 1 heteroatoms. The van der Waals surface area contributed by atoms with Crippen LogP contribution in [0.4, 0.5) is 0 Å². The van der Waals surface area contributed by atoms with Gasteiger partial charge in [-0.2, -0.15) is 0 Å². The van der Waals surface area contributed by atoms with Gasteiger partial charge in [-0.25, -0.2) is 0 Å². The van der Waals surface area contributed by atoms with Crippen LogP contribution >= 0.6 is 22.6 Å². The van der Waals surface area contributed by atoms with E-state index in [0.29, 0.717) is 5.92 Å². The zero-order chi connectivity index (χ0) is 9.07. The zero-order valence-corrected chi connectivity index (χ0v) is 9.97. The van der Waals surface area contributed by atoms with Crippen molar-refractivity contribution >= 4 is 22.6 Å². The van der Waals surface area contributed by atoms with Crippen molar-refractivity contribution in [2.45, 2.75) is 31.1 Å². The van der Waals surface area contributed by atoms with Crippen molar-refractivity contribution in [3.63, 3.8) is 0 Å². The predicted molar refractivity (Wildman–Crippen MR) is 61.2 cm³/mol. The van der Waals surface area contributed by atoms with Gasteiger partial charge in [0, 0.05) is 3.42 Å². The molecule has 0 radical (unpaired) electrons. The van der Waals surface area contributed by atoms with E-state index in [2.05, 4.69) is 69.0 Å². The molecule has 0 aromatic heterocycles. The van der Waals surface area contributed by atoms with Gasteiger partial charge in [0.25, 0.3) is 0 Å². The SMILES string of the molecule is C=C(/C=C/C(C)C)C(C)(C)I. The van der Waals surface area contributed by atoms with Crippen LogP contribution in [0.1, 0.15) is 27.7 Å². The Bertz CT molecular complexity index is 158. The smallest absolute Gasteiger partial charge is 0.0408 e. The van der Waals surface area contributed by atoms with Gasteiger partial charge in [-0.15, -0.1) is 0 Å². The first-order chi connectivity index (χ1) is 4.84. The highest BCUT2D eigenvalue weighted by atomic mass is 127.